The molecule has 3 heterocycles. The Kier molecular flexibility index (Phi) is 5.60. The number of ether oxygens (including phenoxy) is 2. The summed E-state index contributed by atoms with van der Waals surface area (Å²) < 4.78 is 24.2. The molecule has 0 saturated carbocycles. The van der Waals surface area contributed by atoms with Crippen LogP contribution in [0.4, 0.5) is 4.39 Å². The predicted molar refractivity (Wildman–Crippen MR) is 116 cm³/mol. The summed E-state index contributed by atoms with van der Waals surface area (Å²) in [5.74, 6) is 1.20. The molecule has 1 fully saturated rings. The van der Waals surface area contributed by atoms with E-state index >= 15 is 0 Å². The first-order valence-electron chi connectivity index (χ1n) is 9.87. The predicted octanol–water partition coefficient (Wildman–Crippen LogP) is 4.65. The zero-order chi connectivity index (χ0) is 20.5. The molecule has 0 atom stereocenters. The molecule has 1 aromatic heterocycles. The van der Waals surface area contributed by atoms with E-state index in [4.69, 9.17) is 26.1 Å². The van der Waals surface area contributed by atoms with Crippen LogP contribution in [0, 0.1) is 5.82 Å². The summed E-state index contributed by atoms with van der Waals surface area (Å²) in [7, 11) is 0. The first-order chi connectivity index (χ1) is 14.6. The molecule has 0 spiro atoms. The third-order valence-corrected chi connectivity index (χ3v) is 6.64. The Morgan fingerprint density at radius 3 is 2.53 bits per heavy atom. The van der Waals surface area contributed by atoms with Crippen LogP contribution in [0.15, 0.2) is 41.8 Å². The molecule has 5 nitrogen and oxygen atoms in total. The van der Waals surface area contributed by atoms with E-state index in [1.807, 2.05) is 18.2 Å². The van der Waals surface area contributed by atoms with E-state index in [0.29, 0.717) is 0 Å². The molecule has 30 heavy (non-hydrogen) atoms. The Balaban J connectivity index is 1.16. The first kappa shape index (κ1) is 19.8. The summed E-state index contributed by atoms with van der Waals surface area (Å²) in [6.45, 7) is 5.80. The number of benzene rings is 2. The lowest BCUT2D eigenvalue weighted by molar-refractivity contribution is 0.121. The Bertz CT molecular complexity index is 1050. The molecule has 0 aliphatic carbocycles. The molecule has 2 aliphatic heterocycles. The maximum atomic E-state index is 13.3. The second kappa shape index (κ2) is 8.51. The Labute approximate surface area is 183 Å². The summed E-state index contributed by atoms with van der Waals surface area (Å²) in [5, 5.41) is 3.32. The van der Waals surface area contributed by atoms with Gasteiger partial charge in [0, 0.05) is 50.2 Å². The highest BCUT2D eigenvalue weighted by Crippen LogP contribution is 2.36. The zero-order valence-electron chi connectivity index (χ0n) is 16.3. The van der Waals surface area contributed by atoms with Gasteiger partial charge in [-0.15, -0.1) is 11.3 Å². The molecule has 0 unspecified atom stereocenters. The van der Waals surface area contributed by atoms with E-state index in [1.165, 1.54) is 6.07 Å². The van der Waals surface area contributed by atoms with E-state index in [1.54, 1.807) is 23.5 Å². The van der Waals surface area contributed by atoms with Crippen molar-refractivity contribution in [3.05, 3.63) is 63.9 Å². The molecule has 0 radical (unpaired) electrons. The molecule has 5 rings (SSSR count). The lowest BCUT2D eigenvalue weighted by atomic mass is 10.2. The van der Waals surface area contributed by atoms with E-state index in [-0.39, 0.29) is 17.6 Å². The summed E-state index contributed by atoms with van der Waals surface area (Å²) in [5.41, 5.74) is 3.19. The number of fused-ring (bicyclic) bond motifs is 1. The molecule has 1 saturated heterocycles. The summed E-state index contributed by atoms with van der Waals surface area (Å²) in [6, 6.07) is 10.9. The van der Waals surface area contributed by atoms with E-state index in [9.17, 15) is 4.39 Å². The highest BCUT2D eigenvalue weighted by molar-refractivity contribution is 7.13. The lowest BCUT2D eigenvalue weighted by Crippen LogP contribution is -2.45. The van der Waals surface area contributed by atoms with Crippen molar-refractivity contribution < 1.29 is 13.9 Å². The normalized spacial score (nSPS) is 16.9. The molecule has 0 amide bonds. The van der Waals surface area contributed by atoms with E-state index in [2.05, 4.69) is 15.2 Å². The van der Waals surface area contributed by atoms with Crippen molar-refractivity contribution in [2.75, 3.05) is 33.0 Å². The van der Waals surface area contributed by atoms with Crippen molar-refractivity contribution >= 4 is 22.9 Å². The number of aromatic nitrogens is 1. The zero-order valence-corrected chi connectivity index (χ0v) is 17.9. The van der Waals surface area contributed by atoms with Gasteiger partial charge in [-0.1, -0.05) is 17.7 Å². The summed E-state index contributed by atoms with van der Waals surface area (Å²) in [6.07, 6.45) is 0. The van der Waals surface area contributed by atoms with Gasteiger partial charge >= 0.3 is 0 Å². The van der Waals surface area contributed by atoms with Crippen LogP contribution in [0.3, 0.4) is 0 Å². The van der Waals surface area contributed by atoms with E-state index in [0.717, 1.165) is 72.6 Å². The van der Waals surface area contributed by atoms with Crippen LogP contribution in [0.25, 0.3) is 10.6 Å². The van der Waals surface area contributed by atoms with Crippen molar-refractivity contribution in [3.8, 4) is 22.1 Å². The smallest absolute Gasteiger partial charge is 0.231 e. The minimum absolute atomic E-state index is 0.188. The number of thiazole rings is 1. The van der Waals surface area contributed by atoms with Crippen LogP contribution in [0.1, 0.15) is 11.3 Å². The van der Waals surface area contributed by atoms with Crippen molar-refractivity contribution in [1.29, 1.82) is 0 Å². The average Bonchev–Trinajstić information content (AvgIpc) is 3.41. The number of rotatable bonds is 5. The maximum absolute atomic E-state index is 13.3. The molecule has 0 N–H and O–H groups in total. The molecular weight excluding hydrogens is 425 g/mol. The minimum atomic E-state index is -0.367. The fourth-order valence-electron chi connectivity index (χ4n) is 3.77. The fraction of sp³-hybridized carbons (Fsp3) is 0.318. The molecule has 8 heteroatoms. The van der Waals surface area contributed by atoms with Crippen molar-refractivity contribution in [2.24, 2.45) is 0 Å². The van der Waals surface area contributed by atoms with Gasteiger partial charge in [0.25, 0.3) is 0 Å². The fourth-order valence-corrected chi connectivity index (χ4v) is 4.78. The van der Waals surface area contributed by atoms with Crippen molar-refractivity contribution in [1.82, 2.24) is 14.8 Å². The van der Waals surface area contributed by atoms with Crippen LogP contribution in [-0.2, 0) is 13.1 Å². The standard InChI is InChI=1S/C22H21ClFN3O2S/c23-18-9-15(1-3-19(18)24)11-26-5-7-27(8-6-26)12-17-13-30-22(25-17)16-2-4-20-21(10-16)29-14-28-20/h1-4,9-10,13H,5-8,11-12,14H2. The number of nitrogens with zero attached hydrogens (tertiary/aromatic N) is 3. The maximum Gasteiger partial charge on any atom is 0.231 e. The number of hydrogen-bond donors (Lipinski definition) is 0. The summed E-state index contributed by atoms with van der Waals surface area (Å²) in [4.78, 5) is 9.62. The largest absolute Gasteiger partial charge is 0.454 e. The van der Waals surface area contributed by atoms with Crippen molar-refractivity contribution in [2.45, 2.75) is 13.1 Å². The molecule has 2 aromatic carbocycles. The lowest BCUT2D eigenvalue weighted by Gasteiger charge is -2.34. The van der Waals surface area contributed by atoms with Crippen LogP contribution < -0.4 is 9.47 Å². The van der Waals surface area contributed by atoms with Gasteiger partial charge < -0.3 is 9.47 Å². The highest BCUT2D eigenvalue weighted by atomic mass is 35.5. The Morgan fingerprint density at radius 2 is 1.73 bits per heavy atom. The minimum Gasteiger partial charge on any atom is -0.454 e. The third-order valence-electron chi connectivity index (χ3n) is 5.41. The van der Waals surface area contributed by atoms with Gasteiger partial charge in [0.2, 0.25) is 6.79 Å². The number of hydrogen-bond acceptors (Lipinski definition) is 6. The third kappa shape index (κ3) is 4.30. The van der Waals surface area contributed by atoms with Gasteiger partial charge in [-0.25, -0.2) is 9.37 Å². The quantitative estimate of drug-likeness (QED) is 0.571. The van der Waals surface area contributed by atoms with Crippen LogP contribution in [-0.4, -0.2) is 47.8 Å². The van der Waals surface area contributed by atoms with Gasteiger partial charge in [-0.05, 0) is 35.9 Å². The molecule has 156 valence electrons. The van der Waals surface area contributed by atoms with Gasteiger partial charge in [0.15, 0.2) is 11.5 Å². The average molecular weight is 446 g/mol. The number of piperazine rings is 1. The van der Waals surface area contributed by atoms with Crippen molar-refractivity contribution in [3.63, 3.8) is 0 Å². The Hall–Kier alpha value is -2.19. The van der Waals surface area contributed by atoms with Crippen LogP contribution >= 0.6 is 22.9 Å². The van der Waals surface area contributed by atoms with E-state index < -0.39 is 0 Å². The Morgan fingerprint density at radius 1 is 0.967 bits per heavy atom. The van der Waals surface area contributed by atoms with Crippen LogP contribution in [0.2, 0.25) is 5.02 Å². The molecule has 3 aromatic rings. The first-order valence-corrected chi connectivity index (χ1v) is 11.1. The SMILES string of the molecule is Fc1ccc(CN2CCN(Cc3csc(-c4ccc5c(c4)OCO5)n3)CC2)cc1Cl. The van der Waals surface area contributed by atoms with Gasteiger partial charge in [-0.3, -0.25) is 9.80 Å². The molecule has 0 bridgehead atoms. The molecule has 2 aliphatic rings. The monoisotopic (exact) mass is 445 g/mol. The number of halogens is 2. The second-order valence-corrected chi connectivity index (χ2v) is 8.78. The van der Waals surface area contributed by atoms with Gasteiger partial charge in [-0.2, -0.15) is 0 Å². The van der Waals surface area contributed by atoms with Gasteiger partial charge in [0.05, 0.1) is 10.7 Å². The summed E-state index contributed by atoms with van der Waals surface area (Å²) >= 11 is 7.55. The topological polar surface area (TPSA) is 37.8 Å². The highest BCUT2D eigenvalue weighted by Gasteiger charge is 2.19. The second-order valence-electron chi connectivity index (χ2n) is 7.51. The van der Waals surface area contributed by atoms with Gasteiger partial charge in [0.1, 0.15) is 10.8 Å². The van der Waals surface area contributed by atoms with Crippen LogP contribution in [0.5, 0.6) is 11.5 Å². The molecular formula is C22H21ClFN3O2S.